The van der Waals surface area contributed by atoms with Gasteiger partial charge in [0.2, 0.25) is 0 Å². The second-order valence-corrected chi connectivity index (χ2v) is 20.7. The Morgan fingerprint density at radius 3 is 1.41 bits per heavy atom. The molecule has 0 saturated heterocycles. The van der Waals surface area contributed by atoms with Crippen LogP contribution in [-0.2, 0) is 0 Å². The van der Waals surface area contributed by atoms with Crippen LogP contribution in [0.15, 0.2) is 302 Å². The molecule has 0 atom stereocenters. The van der Waals surface area contributed by atoms with Crippen LogP contribution in [0, 0.1) is 0 Å². The van der Waals surface area contributed by atoms with E-state index in [4.69, 9.17) is 12.6 Å². The van der Waals surface area contributed by atoms with Crippen molar-refractivity contribution in [2.24, 2.45) is 0 Å². The molecule has 7 heteroatoms. The largest absolute Gasteiger partial charge is 0.311 e. The molecule has 3 heterocycles. The molecule has 0 N–H and O–H groups in total. The van der Waals surface area contributed by atoms with Gasteiger partial charge in [0.05, 0.1) is 28.1 Å². The molecule has 2 aliphatic rings. The maximum Gasteiger partial charge on any atom is 0.252 e. The summed E-state index contributed by atoms with van der Waals surface area (Å²) in [6, 6.07) is 108. The molecule has 0 unspecified atom stereocenters. The summed E-state index contributed by atoms with van der Waals surface area (Å²) >= 11 is 5.64. The van der Waals surface area contributed by atoms with Gasteiger partial charge in [0.25, 0.3) is 6.71 Å². The van der Waals surface area contributed by atoms with E-state index in [0.717, 1.165) is 90.0 Å². The van der Waals surface area contributed by atoms with Gasteiger partial charge in [0, 0.05) is 78.1 Å². The molecule has 0 radical (unpaired) electrons. The highest BCUT2D eigenvalue weighted by Crippen LogP contribution is 2.51. The molecule has 0 fully saturated rings. The highest BCUT2D eigenvalue weighted by molar-refractivity contribution is 7.80. The number of para-hydroxylation sites is 8. The first-order valence-corrected chi connectivity index (χ1v) is 27.4. The molecule has 12 aromatic carbocycles. The second-order valence-electron chi connectivity index (χ2n) is 20.2. The van der Waals surface area contributed by atoms with E-state index in [-0.39, 0.29) is 6.71 Å². The Morgan fingerprint density at radius 1 is 0.316 bits per heavy atom. The summed E-state index contributed by atoms with van der Waals surface area (Å²) < 4.78 is 2.39. The summed E-state index contributed by atoms with van der Waals surface area (Å²) in [5.41, 5.74) is 22.2. The summed E-state index contributed by atoms with van der Waals surface area (Å²) in [5.74, 6) is 0. The molecular weight excluding hydrogens is 978 g/mol. The Labute approximate surface area is 466 Å². The Hall–Kier alpha value is -9.95. The van der Waals surface area contributed by atoms with Crippen LogP contribution in [-0.4, -0.2) is 11.3 Å². The lowest BCUT2D eigenvalue weighted by atomic mass is 9.33. The van der Waals surface area contributed by atoms with Crippen LogP contribution < -0.4 is 36.0 Å². The van der Waals surface area contributed by atoms with Gasteiger partial charge < -0.3 is 24.2 Å². The van der Waals surface area contributed by atoms with Gasteiger partial charge in [-0.25, -0.2) is 0 Å². The van der Waals surface area contributed by atoms with Gasteiger partial charge in [-0.3, -0.25) is 0 Å². The van der Waals surface area contributed by atoms with Crippen LogP contribution in [0.3, 0.4) is 0 Å². The van der Waals surface area contributed by atoms with Gasteiger partial charge in [-0.2, -0.15) is 0 Å². The number of thiol groups is 1. The number of fused-ring (bicyclic) bond motifs is 7. The number of rotatable bonds is 10. The quantitative estimate of drug-likeness (QED) is 0.109. The Kier molecular flexibility index (Phi) is 11.3. The van der Waals surface area contributed by atoms with Crippen molar-refractivity contribution in [3.05, 3.63) is 297 Å². The maximum absolute atomic E-state index is 5.64. The lowest BCUT2D eigenvalue weighted by Gasteiger charge is -2.45. The van der Waals surface area contributed by atoms with E-state index in [0.29, 0.717) is 0 Å². The van der Waals surface area contributed by atoms with Gasteiger partial charge in [0.15, 0.2) is 0 Å². The fourth-order valence-corrected chi connectivity index (χ4v) is 12.8. The first-order chi connectivity index (χ1) is 39.2. The number of hydrogen-bond donors (Lipinski definition) is 1. The van der Waals surface area contributed by atoms with Crippen LogP contribution in [0.5, 0.6) is 0 Å². The monoisotopic (exact) mass is 1030 g/mol. The minimum atomic E-state index is -0.163. The average Bonchev–Trinajstić information content (AvgIpc) is 4.06. The molecule has 1 aromatic heterocycles. The van der Waals surface area contributed by atoms with Crippen molar-refractivity contribution in [1.29, 1.82) is 0 Å². The predicted molar refractivity (Wildman–Crippen MR) is 337 cm³/mol. The van der Waals surface area contributed by atoms with E-state index in [1.54, 1.807) is 0 Å². The van der Waals surface area contributed by atoms with E-state index < -0.39 is 0 Å². The minimum absolute atomic E-state index is 0.163. The van der Waals surface area contributed by atoms with E-state index >= 15 is 0 Å². The summed E-state index contributed by atoms with van der Waals surface area (Å²) in [7, 11) is 0. The highest BCUT2D eigenvalue weighted by atomic mass is 32.1. The van der Waals surface area contributed by atoms with Gasteiger partial charge >= 0.3 is 0 Å². The molecule has 372 valence electrons. The smallest absolute Gasteiger partial charge is 0.252 e. The Balaban J connectivity index is 0.996. The van der Waals surface area contributed by atoms with Crippen molar-refractivity contribution in [1.82, 2.24) is 4.57 Å². The van der Waals surface area contributed by atoms with Gasteiger partial charge in [-0.15, -0.1) is 12.6 Å². The zero-order chi connectivity index (χ0) is 52.4. The molecule has 5 nitrogen and oxygen atoms in total. The number of nitrogens with zero attached hydrogens (tertiary/aromatic N) is 5. The van der Waals surface area contributed by atoms with E-state index in [1.807, 2.05) is 0 Å². The third-order valence-electron chi connectivity index (χ3n) is 15.8. The fourth-order valence-electron chi connectivity index (χ4n) is 12.5. The fraction of sp³-hybridized carbons (Fsp3) is 0. The van der Waals surface area contributed by atoms with Gasteiger partial charge in [-0.05, 0) is 143 Å². The normalized spacial score (nSPS) is 12.3. The number of hydrogen-bond acceptors (Lipinski definition) is 5. The molecular formula is C72H50BN5S. The van der Waals surface area contributed by atoms with Gasteiger partial charge in [-0.1, -0.05) is 176 Å². The number of benzene rings is 12. The van der Waals surface area contributed by atoms with Crippen LogP contribution in [0.2, 0.25) is 0 Å². The summed E-state index contributed by atoms with van der Waals surface area (Å²) in [4.78, 5) is 10.6. The molecule has 13 aromatic rings. The molecule has 0 amide bonds. The van der Waals surface area contributed by atoms with E-state index in [1.165, 1.54) is 38.2 Å². The highest BCUT2D eigenvalue weighted by Gasteiger charge is 2.44. The molecule has 15 rings (SSSR count). The first-order valence-electron chi connectivity index (χ1n) is 26.9. The Bertz CT molecular complexity index is 4310. The zero-order valence-corrected chi connectivity index (χ0v) is 43.9. The minimum Gasteiger partial charge on any atom is -0.311 e. The molecule has 0 aliphatic carbocycles. The lowest BCUT2D eigenvalue weighted by molar-refractivity contribution is 1.17. The summed E-state index contributed by atoms with van der Waals surface area (Å²) in [5, 5.41) is 2.47. The van der Waals surface area contributed by atoms with Crippen molar-refractivity contribution in [2.45, 2.75) is 4.90 Å². The van der Waals surface area contributed by atoms with Crippen LogP contribution in [0.4, 0.5) is 68.2 Å². The standard InChI is InChI=1S/C72H50BN5S/c79-71-49-67-62(48-68(71)76(63-38-20-16-34-58(63)50-24-6-1-7-25-50)56-44-42-55(43-45-56)75-64-39-21-17-35-59(64)60-36-18-22-40-65(60)75)73-61-37-19-23-41-66(61)77(53-30-12-4-13-31-53)69-46-57(47-70(72(69)73)78(67)54-32-14-5-15-33-54)74(51-26-8-2-9-27-51)52-28-10-3-11-29-52/h1-49,79H. The van der Waals surface area contributed by atoms with Crippen molar-refractivity contribution in [2.75, 3.05) is 19.6 Å². The first kappa shape index (κ1) is 46.4. The van der Waals surface area contributed by atoms with E-state index in [9.17, 15) is 0 Å². The van der Waals surface area contributed by atoms with Crippen molar-refractivity contribution >= 4 is 126 Å². The van der Waals surface area contributed by atoms with E-state index in [2.05, 4.69) is 321 Å². The lowest BCUT2D eigenvalue weighted by Crippen LogP contribution is -2.61. The maximum atomic E-state index is 5.64. The topological polar surface area (TPSA) is 17.9 Å². The van der Waals surface area contributed by atoms with Crippen LogP contribution in [0.1, 0.15) is 0 Å². The SMILES string of the molecule is Sc1cc2c(cc1N(c1ccc(-n3c4ccccc4c4ccccc43)cc1)c1ccccc1-c1ccccc1)B1c3ccccc3N(c3ccccc3)c3cc(N(c4ccccc4)c4ccccc4)cc(c31)N2c1ccccc1. The average molecular weight is 1030 g/mol. The third-order valence-corrected chi connectivity index (χ3v) is 16.1. The Morgan fingerprint density at radius 2 is 0.797 bits per heavy atom. The second kappa shape index (κ2) is 19.3. The molecule has 0 saturated carbocycles. The third kappa shape index (κ3) is 7.73. The van der Waals surface area contributed by atoms with Crippen LogP contribution in [0.25, 0.3) is 38.6 Å². The molecule has 2 aliphatic heterocycles. The molecule has 0 spiro atoms. The van der Waals surface area contributed by atoms with Crippen molar-refractivity contribution in [3.8, 4) is 16.8 Å². The van der Waals surface area contributed by atoms with Gasteiger partial charge in [0.1, 0.15) is 0 Å². The summed E-state index contributed by atoms with van der Waals surface area (Å²) in [6.45, 7) is -0.163. The van der Waals surface area contributed by atoms with Crippen molar-refractivity contribution < 1.29 is 0 Å². The van der Waals surface area contributed by atoms with Crippen LogP contribution >= 0.6 is 12.6 Å². The van der Waals surface area contributed by atoms with Crippen molar-refractivity contribution in [3.63, 3.8) is 0 Å². The molecule has 0 bridgehead atoms. The number of aromatic nitrogens is 1. The zero-order valence-electron chi connectivity index (χ0n) is 43.1. The predicted octanol–water partition coefficient (Wildman–Crippen LogP) is 17.8. The molecule has 79 heavy (non-hydrogen) atoms. The number of anilines is 12. The summed E-state index contributed by atoms with van der Waals surface area (Å²) in [6.07, 6.45) is 0.